The van der Waals surface area contributed by atoms with Crippen LogP contribution in [0.1, 0.15) is 51.6 Å². The molecule has 0 N–H and O–H groups in total. The van der Waals surface area contributed by atoms with Crippen LogP contribution in [0.5, 0.6) is 0 Å². The zero-order chi connectivity index (χ0) is 24.7. The first kappa shape index (κ1) is 24.2. The molecule has 34 heavy (non-hydrogen) atoms. The number of rotatable bonds is 5. The normalized spacial score (nSPS) is 19.7. The third-order valence-corrected chi connectivity index (χ3v) is 7.30. The second kappa shape index (κ2) is 9.35. The Morgan fingerprint density at radius 3 is 2.26 bits per heavy atom. The van der Waals surface area contributed by atoms with Crippen LogP contribution < -0.4 is 0 Å². The number of hydrazine groups is 1. The molecule has 1 saturated heterocycles. The van der Waals surface area contributed by atoms with E-state index in [0.717, 1.165) is 26.7 Å². The minimum Gasteiger partial charge on any atom is -0.292 e. The van der Waals surface area contributed by atoms with Gasteiger partial charge in [-0.25, -0.2) is 5.01 Å². The van der Waals surface area contributed by atoms with Crippen LogP contribution >= 0.6 is 23.2 Å². The molecule has 6 nitrogen and oxygen atoms in total. The topological polar surface area (TPSA) is 74.8 Å². The fourth-order valence-corrected chi connectivity index (χ4v) is 4.71. The van der Waals surface area contributed by atoms with Gasteiger partial charge in [-0.3, -0.25) is 19.2 Å². The van der Waals surface area contributed by atoms with Crippen LogP contribution in [0.3, 0.4) is 0 Å². The predicted octanol–water partition coefficient (Wildman–Crippen LogP) is 5.19. The summed E-state index contributed by atoms with van der Waals surface area (Å²) in [6.07, 6.45) is 2.82. The van der Waals surface area contributed by atoms with Gasteiger partial charge in [-0.2, -0.15) is 5.01 Å². The van der Waals surface area contributed by atoms with E-state index in [1.165, 1.54) is 18.2 Å². The van der Waals surface area contributed by atoms with Gasteiger partial charge in [0.2, 0.25) is 0 Å². The molecule has 0 unspecified atom stereocenters. The number of aryl methyl sites for hydroxylation is 2. The van der Waals surface area contributed by atoms with E-state index in [1.54, 1.807) is 12.1 Å². The highest BCUT2D eigenvalue weighted by Gasteiger charge is 2.51. The Balaban J connectivity index is 1.72. The van der Waals surface area contributed by atoms with Gasteiger partial charge in [-0.15, -0.1) is 0 Å². The van der Waals surface area contributed by atoms with Crippen molar-refractivity contribution in [2.24, 2.45) is 11.8 Å². The standard InChI is InChI=1S/C26H24Cl2N2O4/c1-14-4-8-19-20(10-14)26(34)30(25(19)33)29(24(32)18-7-9-21(27)22(28)12-18)13-23(31)17-6-5-15(2)16(3)11-17/h4-7,9,11-12,19-20H,8,10,13H2,1-3H3/t19-,20-/m1/s1. The van der Waals surface area contributed by atoms with E-state index >= 15 is 0 Å². The van der Waals surface area contributed by atoms with E-state index < -0.39 is 36.1 Å². The van der Waals surface area contributed by atoms with Crippen molar-refractivity contribution in [1.29, 1.82) is 0 Å². The maximum absolute atomic E-state index is 13.6. The van der Waals surface area contributed by atoms with E-state index in [2.05, 4.69) is 0 Å². The minimum atomic E-state index is -0.680. The van der Waals surface area contributed by atoms with Gasteiger partial charge < -0.3 is 0 Å². The van der Waals surface area contributed by atoms with Crippen LogP contribution in [-0.4, -0.2) is 40.1 Å². The molecule has 1 heterocycles. The van der Waals surface area contributed by atoms with Gasteiger partial charge in [0.1, 0.15) is 6.54 Å². The number of carbonyl (C=O) groups is 4. The lowest BCUT2D eigenvalue weighted by Crippen LogP contribution is -2.52. The fourth-order valence-electron chi connectivity index (χ4n) is 4.41. The summed E-state index contributed by atoms with van der Waals surface area (Å²) in [4.78, 5) is 53.4. The Morgan fingerprint density at radius 2 is 1.59 bits per heavy atom. The lowest BCUT2D eigenvalue weighted by atomic mass is 9.82. The molecular weight excluding hydrogens is 475 g/mol. The first-order chi connectivity index (χ1) is 16.1. The van der Waals surface area contributed by atoms with Crippen molar-refractivity contribution in [2.75, 3.05) is 6.54 Å². The molecule has 1 aliphatic heterocycles. The van der Waals surface area contributed by atoms with Crippen molar-refractivity contribution in [1.82, 2.24) is 10.0 Å². The van der Waals surface area contributed by atoms with E-state index in [4.69, 9.17) is 23.2 Å². The number of imide groups is 1. The van der Waals surface area contributed by atoms with Crippen LogP contribution in [0.25, 0.3) is 0 Å². The summed E-state index contributed by atoms with van der Waals surface area (Å²) in [6, 6.07) is 9.51. The average Bonchev–Trinajstić information content (AvgIpc) is 3.04. The fraction of sp³-hybridized carbons (Fsp3) is 0.308. The molecule has 0 radical (unpaired) electrons. The smallest absolute Gasteiger partial charge is 0.273 e. The van der Waals surface area contributed by atoms with Gasteiger partial charge >= 0.3 is 0 Å². The Hall–Kier alpha value is -2.96. The van der Waals surface area contributed by atoms with Crippen molar-refractivity contribution in [3.05, 3.63) is 80.3 Å². The number of carbonyl (C=O) groups excluding carboxylic acids is 4. The SMILES string of the molecule is CC1=CC[C@H]2C(=O)N(N(CC(=O)c3ccc(C)c(C)c3)C(=O)c3ccc(Cl)c(Cl)c3)C(=O)[C@@H]2C1. The number of nitrogens with zero attached hydrogens (tertiary/aromatic N) is 2. The zero-order valence-electron chi connectivity index (χ0n) is 19.1. The molecule has 3 amide bonds. The summed E-state index contributed by atoms with van der Waals surface area (Å²) in [5, 5.41) is 2.23. The predicted molar refractivity (Wildman–Crippen MR) is 130 cm³/mol. The van der Waals surface area contributed by atoms with Gasteiger partial charge in [0.15, 0.2) is 5.78 Å². The van der Waals surface area contributed by atoms with Crippen LogP contribution in [0.15, 0.2) is 48.0 Å². The number of hydrogen-bond donors (Lipinski definition) is 0. The van der Waals surface area contributed by atoms with Crippen molar-refractivity contribution in [3.8, 4) is 0 Å². The van der Waals surface area contributed by atoms with Gasteiger partial charge in [0.05, 0.1) is 21.9 Å². The Bertz CT molecular complexity index is 1250. The molecule has 0 spiro atoms. The molecule has 8 heteroatoms. The molecule has 0 aromatic heterocycles. The second-order valence-corrected chi connectivity index (χ2v) is 9.72. The number of fused-ring (bicyclic) bond motifs is 1. The third-order valence-electron chi connectivity index (χ3n) is 6.56. The van der Waals surface area contributed by atoms with Crippen LogP contribution in [-0.2, 0) is 9.59 Å². The number of Topliss-reactive ketones (excluding diaryl/α,β-unsaturated/α-hetero) is 1. The molecule has 2 aromatic carbocycles. The van der Waals surface area contributed by atoms with Gasteiger partial charge in [0, 0.05) is 11.1 Å². The average molecular weight is 499 g/mol. The molecule has 4 rings (SSSR count). The summed E-state index contributed by atoms with van der Waals surface area (Å²) < 4.78 is 0. The van der Waals surface area contributed by atoms with Crippen molar-refractivity contribution < 1.29 is 19.2 Å². The van der Waals surface area contributed by atoms with Crippen molar-refractivity contribution >= 4 is 46.7 Å². The number of ketones is 1. The summed E-state index contributed by atoms with van der Waals surface area (Å²) >= 11 is 12.1. The van der Waals surface area contributed by atoms with E-state index in [0.29, 0.717) is 18.4 Å². The Morgan fingerprint density at radius 1 is 0.912 bits per heavy atom. The summed E-state index contributed by atoms with van der Waals surface area (Å²) in [7, 11) is 0. The van der Waals surface area contributed by atoms with Crippen LogP contribution in [0.2, 0.25) is 10.0 Å². The quantitative estimate of drug-likeness (QED) is 0.322. The number of hydrogen-bond acceptors (Lipinski definition) is 4. The van der Waals surface area contributed by atoms with Gasteiger partial charge in [-0.05, 0) is 69.0 Å². The van der Waals surface area contributed by atoms with Gasteiger partial charge in [-0.1, -0.05) is 47.0 Å². The number of allylic oxidation sites excluding steroid dienone is 2. The number of halogens is 2. The summed E-state index contributed by atoms with van der Waals surface area (Å²) in [6.45, 7) is 5.27. The molecule has 0 bridgehead atoms. The maximum Gasteiger partial charge on any atom is 0.273 e. The lowest BCUT2D eigenvalue weighted by Gasteiger charge is -2.30. The van der Waals surface area contributed by atoms with Crippen molar-refractivity contribution in [3.63, 3.8) is 0 Å². The Labute approximate surface area is 208 Å². The highest BCUT2D eigenvalue weighted by molar-refractivity contribution is 6.42. The third kappa shape index (κ3) is 4.40. The minimum absolute atomic E-state index is 0.118. The summed E-state index contributed by atoms with van der Waals surface area (Å²) in [5.41, 5.74) is 3.49. The van der Waals surface area contributed by atoms with Crippen LogP contribution in [0, 0.1) is 25.7 Å². The molecule has 1 fully saturated rings. The largest absolute Gasteiger partial charge is 0.292 e. The van der Waals surface area contributed by atoms with E-state index in [9.17, 15) is 19.2 Å². The van der Waals surface area contributed by atoms with Gasteiger partial charge in [0.25, 0.3) is 17.7 Å². The van der Waals surface area contributed by atoms with E-state index in [1.807, 2.05) is 32.9 Å². The molecule has 2 aliphatic rings. The van der Waals surface area contributed by atoms with Crippen molar-refractivity contribution in [2.45, 2.75) is 33.6 Å². The first-order valence-electron chi connectivity index (χ1n) is 11.0. The highest BCUT2D eigenvalue weighted by Crippen LogP contribution is 2.38. The maximum atomic E-state index is 13.6. The molecule has 2 atom stereocenters. The van der Waals surface area contributed by atoms with E-state index in [-0.39, 0.29) is 21.4 Å². The molecule has 0 saturated carbocycles. The highest BCUT2D eigenvalue weighted by atomic mass is 35.5. The second-order valence-electron chi connectivity index (χ2n) is 8.91. The molecular formula is C26H24Cl2N2O4. The summed E-state index contributed by atoms with van der Waals surface area (Å²) in [5.74, 6) is -3.10. The monoisotopic (exact) mass is 498 g/mol. The lowest BCUT2D eigenvalue weighted by molar-refractivity contribution is -0.154. The molecule has 1 aliphatic carbocycles. The number of amides is 3. The van der Waals surface area contributed by atoms with Crippen LogP contribution in [0.4, 0.5) is 0 Å². The number of benzene rings is 2. The Kier molecular flexibility index (Phi) is 6.65. The molecule has 176 valence electrons. The zero-order valence-corrected chi connectivity index (χ0v) is 20.6. The molecule has 2 aromatic rings. The first-order valence-corrected chi connectivity index (χ1v) is 11.7.